The fourth-order valence-corrected chi connectivity index (χ4v) is 2.37. The molecule has 1 N–H and O–H groups in total. The standard InChI is InChI=1S/C20H19N3O2/c1-2-25-18-8-5-15(6-9-18)12-23-20(24)17-7-10-19(22-14-17)16-4-3-11-21-13-16/h3-11,13-14H,2,12H2,1H3,(H,23,24). The molecule has 0 aliphatic rings. The van der Waals surface area contributed by atoms with Crippen LogP contribution in [0.2, 0.25) is 0 Å². The molecule has 1 amide bonds. The van der Waals surface area contributed by atoms with Crippen molar-refractivity contribution in [3.8, 4) is 17.0 Å². The van der Waals surface area contributed by atoms with Crippen molar-refractivity contribution in [3.63, 3.8) is 0 Å². The lowest BCUT2D eigenvalue weighted by Gasteiger charge is -2.07. The lowest BCUT2D eigenvalue weighted by molar-refractivity contribution is 0.0950. The van der Waals surface area contributed by atoms with Crippen LogP contribution < -0.4 is 10.1 Å². The molecule has 0 fully saturated rings. The Morgan fingerprint density at radius 3 is 2.56 bits per heavy atom. The monoisotopic (exact) mass is 333 g/mol. The third kappa shape index (κ3) is 4.41. The molecule has 0 spiro atoms. The highest BCUT2D eigenvalue weighted by atomic mass is 16.5. The van der Waals surface area contributed by atoms with E-state index in [0.29, 0.717) is 18.7 Å². The maximum atomic E-state index is 12.2. The number of pyridine rings is 2. The summed E-state index contributed by atoms with van der Waals surface area (Å²) in [5.74, 6) is 0.673. The first-order valence-corrected chi connectivity index (χ1v) is 8.12. The van der Waals surface area contributed by atoms with Gasteiger partial charge < -0.3 is 10.1 Å². The van der Waals surface area contributed by atoms with Gasteiger partial charge in [-0.15, -0.1) is 0 Å². The number of aromatic nitrogens is 2. The summed E-state index contributed by atoms with van der Waals surface area (Å²) in [7, 11) is 0. The zero-order valence-corrected chi connectivity index (χ0v) is 14.0. The van der Waals surface area contributed by atoms with Crippen molar-refractivity contribution < 1.29 is 9.53 Å². The Balaban J connectivity index is 1.59. The van der Waals surface area contributed by atoms with Crippen molar-refractivity contribution in [1.82, 2.24) is 15.3 Å². The Morgan fingerprint density at radius 1 is 1.08 bits per heavy atom. The van der Waals surface area contributed by atoms with E-state index in [-0.39, 0.29) is 5.91 Å². The number of hydrogen-bond acceptors (Lipinski definition) is 4. The van der Waals surface area contributed by atoms with E-state index >= 15 is 0 Å². The third-order valence-corrected chi connectivity index (χ3v) is 3.67. The molecule has 3 aromatic rings. The number of rotatable bonds is 6. The molecular formula is C20H19N3O2. The first-order valence-electron chi connectivity index (χ1n) is 8.12. The van der Waals surface area contributed by atoms with E-state index in [1.165, 1.54) is 0 Å². The summed E-state index contributed by atoms with van der Waals surface area (Å²) >= 11 is 0. The predicted octanol–water partition coefficient (Wildman–Crippen LogP) is 3.47. The van der Waals surface area contributed by atoms with Gasteiger partial charge in [-0.05, 0) is 48.9 Å². The first-order chi connectivity index (χ1) is 12.3. The number of carbonyl (C=O) groups is 1. The molecule has 0 unspecified atom stereocenters. The number of hydrogen-bond donors (Lipinski definition) is 1. The lowest BCUT2D eigenvalue weighted by Crippen LogP contribution is -2.22. The fraction of sp³-hybridized carbons (Fsp3) is 0.150. The van der Waals surface area contributed by atoms with Gasteiger partial charge in [0.2, 0.25) is 0 Å². The second-order valence-electron chi connectivity index (χ2n) is 5.43. The van der Waals surface area contributed by atoms with Gasteiger partial charge in [0.05, 0.1) is 17.9 Å². The molecule has 126 valence electrons. The van der Waals surface area contributed by atoms with E-state index in [9.17, 15) is 4.79 Å². The molecule has 0 saturated heterocycles. The van der Waals surface area contributed by atoms with E-state index in [1.54, 1.807) is 24.7 Å². The summed E-state index contributed by atoms with van der Waals surface area (Å²) in [6.07, 6.45) is 5.04. The van der Waals surface area contributed by atoms with Gasteiger partial charge in [-0.2, -0.15) is 0 Å². The van der Waals surface area contributed by atoms with Crippen LogP contribution in [0.4, 0.5) is 0 Å². The lowest BCUT2D eigenvalue weighted by atomic mass is 10.1. The second-order valence-corrected chi connectivity index (χ2v) is 5.43. The van der Waals surface area contributed by atoms with E-state index in [1.807, 2.05) is 49.4 Å². The average molecular weight is 333 g/mol. The molecule has 0 aliphatic carbocycles. The summed E-state index contributed by atoms with van der Waals surface area (Å²) in [5, 5.41) is 2.89. The van der Waals surface area contributed by atoms with Gasteiger partial charge >= 0.3 is 0 Å². The molecule has 0 radical (unpaired) electrons. The molecule has 25 heavy (non-hydrogen) atoms. The van der Waals surface area contributed by atoms with E-state index < -0.39 is 0 Å². The zero-order valence-electron chi connectivity index (χ0n) is 14.0. The quantitative estimate of drug-likeness (QED) is 0.750. The SMILES string of the molecule is CCOc1ccc(CNC(=O)c2ccc(-c3cccnc3)nc2)cc1. The van der Waals surface area contributed by atoms with E-state index in [0.717, 1.165) is 22.6 Å². The number of benzene rings is 1. The Labute approximate surface area is 146 Å². The van der Waals surface area contributed by atoms with Crippen molar-refractivity contribution in [2.24, 2.45) is 0 Å². The normalized spacial score (nSPS) is 10.3. The van der Waals surface area contributed by atoms with Crippen LogP contribution in [0.1, 0.15) is 22.8 Å². The van der Waals surface area contributed by atoms with E-state index in [2.05, 4.69) is 15.3 Å². The number of amides is 1. The number of ether oxygens (including phenoxy) is 1. The summed E-state index contributed by atoms with van der Waals surface area (Å²) in [6, 6.07) is 15.1. The van der Waals surface area contributed by atoms with Crippen LogP contribution in [0.25, 0.3) is 11.3 Å². The molecule has 0 bridgehead atoms. The van der Waals surface area contributed by atoms with Gasteiger partial charge in [-0.25, -0.2) is 0 Å². The van der Waals surface area contributed by atoms with Gasteiger partial charge in [-0.1, -0.05) is 12.1 Å². The minimum Gasteiger partial charge on any atom is -0.494 e. The summed E-state index contributed by atoms with van der Waals surface area (Å²) in [6.45, 7) is 3.04. The van der Waals surface area contributed by atoms with Crippen LogP contribution in [-0.2, 0) is 6.54 Å². The zero-order chi connectivity index (χ0) is 17.5. The highest BCUT2D eigenvalue weighted by molar-refractivity contribution is 5.94. The van der Waals surface area contributed by atoms with Crippen LogP contribution in [0.3, 0.4) is 0 Å². The van der Waals surface area contributed by atoms with Crippen molar-refractivity contribution in [2.75, 3.05) is 6.61 Å². The van der Waals surface area contributed by atoms with Gasteiger partial charge in [-0.3, -0.25) is 14.8 Å². The summed E-state index contributed by atoms with van der Waals surface area (Å²) in [4.78, 5) is 20.7. The smallest absolute Gasteiger partial charge is 0.253 e. The largest absolute Gasteiger partial charge is 0.494 e. The molecule has 5 nitrogen and oxygen atoms in total. The molecule has 2 aromatic heterocycles. The Kier molecular flexibility index (Phi) is 5.36. The molecule has 2 heterocycles. The highest BCUT2D eigenvalue weighted by Gasteiger charge is 2.07. The van der Waals surface area contributed by atoms with Crippen LogP contribution in [0, 0.1) is 0 Å². The van der Waals surface area contributed by atoms with Gasteiger partial charge in [0.25, 0.3) is 5.91 Å². The molecule has 0 atom stereocenters. The topological polar surface area (TPSA) is 64.1 Å². The van der Waals surface area contributed by atoms with Gasteiger partial charge in [0.1, 0.15) is 5.75 Å². The third-order valence-electron chi connectivity index (χ3n) is 3.67. The average Bonchev–Trinajstić information content (AvgIpc) is 2.68. The predicted molar refractivity (Wildman–Crippen MR) is 96.2 cm³/mol. The van der Waals surface area contributed by atoms with Crippen molar-refractivity contribution in [3.05, 3.63) is 78.2 Å². The Morgan fingerprint density at radius 2 is 1.92 bits per heavy atom. The summed E-state index contributed by atoms with van der Waals surface area (Å²) in [5.41, 5.74) is 3.25. The van der Waals surface area contributed by atoms with Gasteiger partial charge in [0, 0.05) is 30.7 Å². The fourth-order valence-electron chi connectivity index (χ4n) is 2.37. The molecule has 1 aromatic carbocycles. The molecule has 3 rings (SSSR count). The molecule has 5 heteroatoms. The van der Waals surface area contributed by atoms with Gasteiger partial charge in [0.15, 0.2) is 0 Å². The van der Waals surface area contributed by atoms with Crippen LogP contribution >= 0.6 is 0 Å². The van der Waals surface area contributed by atoms with Crippen LogP contribution in [0.5, 0.6) is 5.75 Å². The van der Waals surface area contributed by atoms with Crippen LogP contribution in [0.15, 0.2) is 67.1 Å². The Bertz CT molecular complexity index is 816. The summed E-state index contributed by atoms with van der Waals surface area (Å²) < 4.78 is 5.40. The van der Waals surface area contributed by atoms with Crippen molar-refractivity contribution >= 4 is 5.91 Å². The van der Waals surface area contributed by atoms with E-state index in [4.69, 9.17) is 4.74 Å². The Hall–Kier alpha value is -3.21. The maximum Gasteiger partial charge on any atom is 0.253 e. The van der Waals surface area contributed by atoms with Crippen LogP contribution in [-0.4, -0.2) is 22.5 Å². The minimum atomic E-state index is -0.154. The van der Waals surface area contributed by atoms with Crippen molar-refractivity contribution in [1.29, 1.82) is 0 Å². The minimum absolute atomic E-state index is 0.154. The number of nitrogens with one attached hydrogen (secondary N) is 1. The molecule has 0 aliphatic heterocycles. The highest BCUT2D eigenvalue weighted by Crippen LogP contribution is 2.15. The van der Waals surface area contributed by atoms with Crippen molar-refractivity contribution in [2.45, 2.75) is 13.5 Å². The molecule has 0 saturated carbocycles. The maximum absolute atomic E-state index is 12.2. The second kappa shape index (κ2) is 8.06. The number of carbonyl (C=O) groups excluding carboxylic acids is 1. The first kappa shape index (κ1) is 16.6. The molecular weight excluding hydrogens is 314 g/mol. The number of nitrogens with zero attached hydrogens (tertiary/aromatic N) is 2.